The summed E-state index contributed by atoms with van der Waals surface area (Å²) >= 11 is 0. The molecular formula is C12H26N2O. The minimum absolute atomic E-state index is 0.340. The van der Waals surface area contributed by atoms with E-state index in [2.05, 4.69) is 25.8 Å². The van der Waals surface area contributed by atoms with E-state index in [-0.39, 0.29) is 0 Å². The van der Waals surface area contributed by atoms with Gasteiger partial charge in [-0.05, 0) is 38.3 Å². The highest BCUT2D eigenvalue weighted by Gasteiger charge is 2.17. The molecule has 2 unspecified atom stereocenters. The van der Waals surface area contributed by atoms with Gasteiger partial charge in [0.05, 0.1) is 6.61 Å². The zero-order valence-electron chi connectivity index (χ0n) is 10.4. The Morgan fingerprint density at radius 3 is 2.73 bits per heavy atom. The molecule has 90 valence electrons. The van der Waals surface area contributed by atoms with Crippen LogP contribution in [-0.2, 0) is 4.74 Å². The first-order valence-corrected chi connectivity index (χ1v) is 6.11. The lowest BCUT2D eigenvalue weighted by atomic mass is 10.0. The van der Waals surface area contributed by atoms with Gasteiger partial charge >= 0.3 is 0 Å². The van der Waals surface area contributed by atoms with Crippen LogP contribution in [0.2, 0.25) is 0 Å². The van der Waals surface area contributed by atoms with Gasteiger partial charge in [-0.1, -0.05) is 13.8 Å². The molecule has 0 aromatic carbocycles. The van der Waals surface area contributed by atoms with Gasteiger partial charge in [-0.15, -0.1) is 0 Å². The number of hydrogen-bond acceptors (Lipinski definition) is 3. The fraction of sp³-hybridized carbons (Fsp3) is 1.00. The fourth-order valence-corrected chi connectivity index (χ4v) is 1.96. The van der Waals surface area contributed by atoms with E-state index in [1.807, 2.05) is 0 Å². The molecule has 3 heteroatoms. The molecule has 1 heterocycles. The molecule has 1 fully saturated rings. The Labute approximate surface area is 94.0 Å². The van der Waals surface area contributed by atoms with Crippen molar-refractivity contribution < 1.29 is 4.74 Å². The normalized spacial score (nSPS) is 24.0. The number of hydrogen-bond donors (Lipinski definition) is 1. The topological polar surface area (TPSA) is 38.5 Å². The Balaban J connectivity index is 2.09. The molecule has 0 aliphatic carbocycles. The van der Waals surface area contributed by atoms with Crippen LogP contribution in [0.3, 0.4) is 0 Å². The standard InChI is InChI=1S/C12H26N2O/c1-10(2)12(13)4-6-14(3)8-11-5-7-15-9-11/h10-12H,4-9,13H2,1-3H3. The number of nitrogens with two attached hydrogens (primary N) is 1. The molecule has 2 N–H and O–H groups in total. The lowest BCUT2D eigenvalue weighted by Gasteiger charge is -2.23. The largest absolute Gasteiger partial charge is 0.381 e. The van der Waals surface area contributed by atoms with Gasteiger partial charge in [0, 0.05) is 19.2 Å². The van der Waals surface area contributed by atoms with Crippen LogP contribution in [0.1, 0.15) is 26.7 Å². The quantitative estimate of drug-likeness (QED) is 0.725. The van der Waals surface area contributed by atoms with E-state index in [1.54, 1.807) is 0 Å². The van der Waals surface area contributed by atoms with Crippen LogP contribution in [0.25, 0.3) is 0 Å². The van der Waals surface area contributed by atoms with Crippen molar-refractivity contribution in [2.24, 2.45) is 17.6 Å². The summed E-state index contributed by atoms with van der Waals surface area (Å²) in [6.07, 6.45) is 2.32. The molecule has 1 rings (SSSR count). The van der Waals surface area contributed by atoms with Crippen LogP contribution >= 0.6 is 0 Å². The molecule has 1 saturated heterocycles. The number of ether oxygens (including phenoxy) is 1. The van der Waals surface area contributed by atoms with Crippen molar-refractivity contribution in [1.29, 1.82) is 0 Å². The van der Waals surface area contributed by atoms with Gasteiger partial charge in [0.15, 0.2) is 0 Å². The first-order valence-electron chi connectivity index (χ1n) is 6.11. The lowest BCUT2D eigenvalue weighted by Crippen LogP contribution is -2.34. The Hall–Kier alpha value is -0.120. The van der Waals surface area contributed by atoms with Crippen molar-refractivity contribution in [2.75, 3.05) is 33.4 Å². The second kappa shape index (κ2) is 6.46. The van der Waals surface area contributed by atoms with Gasteiger partial charge in [-0.3, -0.25) is 0 Å². The van der Waals surface area contributed by atoms with E-state index in [4.69, 9.17) is 10.5 Å². The Morgan fingerprint density at radius 1 is 1.47 bits per heavy atom. The summed E-state index contributed by atoms with van der Waals surface area (Å²) in [5, 5.41) is 0. The summed E-state index contributed by atoms with van der Waals surface area (Å²) in [6, 6.07) is 0.340. The monoisotopic (exact) mass is 214 g/mol. The van der Waals surface area contributed by atoms with Crippen molar-refractivity contribution >= 4 is 0 Å². The fourth-order valence-electron chi connectivity index (χ4n) is 1.96. The third-order valence-corrected chi connectivity index (χ3v) is 3.29. The molecule has 0 amide bonds. The molecule has 1 aliphatic rings. The van der Waals surface area contributed by atoms with E-state index < -0.39 is 0 Å². The maximum atomic E-state index is 6.02. The molecule has 0 spiro atoms. The van der Waals surface area contributed by atoms with Crippen molar-refractivity contribution in [3.8, 4) is 0 Å². The van der Waals surface area contributed by atoms with E-state index in [0.717, 1.165) is 38.6 Å². The summed E-state index contributed by atoms with van der Waals surface area (Å²) in [7, 11) is 2.19. The average Bonchev–Trinajstić information content (AvgIpc) is 2.66. The minimum Gasteiger partial charge on any atom is -0.381 e. The van der Waals surface area contributed by atoms with Crippen LogP contribution in [0, 0.1) is 11.8 Å². The highest BCUT2D eigenvalue weighted by molar-refractivity contribution is 4.71. The van der Waals surface area contributed by atoms with Crippen molar-refractivity contribution in [2.45, 2.75) is 32.7 Å². The van der Waals surface area contributed by atoms with Crippen LogP contribution < -0.4 is 5.73 Å². The highest BCUT2D eigenvalue weighted by atomic mass is 16.5. The Kier molecular flexibility index (Phi) is 5.58. The predicted octanol–water partition coefficient (Wildman–Crippen LogP) is 1.33. The third-order valence-electron chi connectivity index (χ3n) is 3.29. The maximum absolute atomic E-state index is 6.02. The highest BCUT2D eigenvalue weighted by Crippen LogP contribution is 2.13. The number of nitrogens with zero attached hydrogens (tertiary/aromatic N) is 1. The van der Waals surface area contributed by atoms with Crippen LogP contribution in [-0.4, -0.2) is 44.3 Å². The first kappa shape index (κ1) is 12.9. The Bertz CT molecular complexity index is 167. The second-order valence-electron chi connectivity index (χ2n) is 5.19. The van der Waals surface area contributed by atoms with Gasteiger partial charge in [-0.2, -0.15) is 0 Å². The smallest absolute Gasteiger partial charge is 0.0507 e. The summed E-state index contributed by atoms with van der Waals surface area (Å²) in [6.45, 7) is 8.54. The number of rotatable bonds is 6. The SMILES string of the molecule is CC(C)C(N)CCN(C)CC1CCOC1. The minimum atomic E-state index is 0.340. The molecule has 0 bridgehead atoms. The summed E-state index contributed by atoms with van der Waals surface area (Å²) < 4.78 is 5.37. The molecule has 2 atom stereocenters. The lowest BCUT2D eigenvalue weighted by molar-refractivity contribution is 0.172. The summed E-state index contributed by atoms with van der Waals surface area (Å²) in [5.74, 6) is 1.33. The zero-order valence-corrected chi connectivity index (χ0v) is 10.4. The van der Waals surface area contributed by atoms with E-state index in [0.29, 0.717) is 12.0 Å². The van der Waals surface area contributed by atoms with E-state index >= 15 is 0 Å². The molecule has 1 aliphatic heterocycles. The predicted molar refractivity (Wildman–Crippen MR) is 63.9 cm³/mol. The maximum Gasteiger partial charge on any atom is 0.0507 e. The molecule has 0 aromatic rings. The van der Waals surface area contributed by atoms with Gasteiger partial charge < -0.3 is 15.4 Å². The van der Waals surface area contributed by atoms with Gasteiger partial charge in [0.25, 0.3) is 0 Å². The summed E-state index contributed by atoms with van der Waals surface area (Å²) in [4.78, 5) is 2.39. The van der Waals surface area contributed by atoms with Crippen molar-refractivity contribution in [1.82, 2.24) is 4.90 Å². The molecule has 0 saturated carbocycles. The third kappa shape index (κ3) is 4.96. The van der Waals surface area contributed by atoms with Crippen LogP contribution in [0.5, 0.6) is 0 Å². The van der Waals surface area contributed by atoms with Gasteiger partial charge in [0.1, 0.15) is 0 Å². The van der Waals surface area contributed by atoms with Gasteiger partial charge in [0.2, 0.25) is 0 Å². The van der Waals surface area contributed by atoms with Crippen molar-refractivity contribution in [3.05, 3.63) is 0 Å². The molecule has 15 heavy (non-hydrogen) atoms. The average molecular weight is 214 g/mol. The molecule has 0 aromatic heterocycles. The summed E-state index contributed by atoms with van der Waals surface area (Å²) in [5.41, 5.74) is 6.02. The molecule has 0 radical (unpaired) electrons. The van der Waals surface area contributed by atoms with Crippen LogP contribution in [0.4, 0.5) is 0 Å². The van der Waals surface area contributed by atoms with Crippen LogP contribution in [0.15, 0.2) is 0 Å². The molecular weight excluding hydrogens is 188 g/mol. The van der Waals surface area contributed by atoms with E-state index in [9.17, 15) is 0 Å². The Morgan fingerprint density at radius 2 is 2.20 bits per heavy atom. The van der Waals surface area contributed by atoms with E-state index in [1.165, 1.54) is 6.42 Å². The zero-order chi connectivity index (χ0) is 11.3. The van der Waals surface area contributed by atoms with Crippen molar-refractivity contribution in [3.63, 3.8) is 0 Å². The molecule has 3 nitrogen and oxygen atoms in total. The first-order chi connectivity index (χ1) is 7.09. The second-order valence-corrected chi connectivity index (χ2v) is 5.19. The van der Waals surface area contributed by atoms with Gasteiger partial charge in [-0.25, -0.2) is 0 Å².